The molecule has 2 aromatic carbocycles. The van der Waals surface area contributed by atoms with Gasteiger partial charge in [0.1, 0.15) is 5.75 Å². The highest BCUT2D eigenvalue weighted by molar-refractivity contribution is 9.10. The van der Waals surface area contributed by atoms with Gasteiger partial charge < -0.3 is 14.4 Å². The molecule has 0 aliphatic carbocycles. The van der Waals surface area contributed by atoms with Gasteiger partial charge in [0, 0.05) is 30.6 Å². The maximum Gasteiger partial charge on any atom is 0.223 e. The van der Waals surface area contributed by atoms with Gasteiger partial charge in [-0.2, -0.15) is 0 Å². The number of carbonyl (C=O) groups excluding carboxylic acids is 1. The van der Waals surface area contributed by atoms with Crippen LogP contribution >= 0.6 is 15.9 Å². The van der Waals surface area contributed by atoms with E-state index in [1.807, 2.05) is 47.4 Å². The number of hydrogen-bond acceptors (Lipinski definition) is 3. The topological polar surface area (TPSA) is 38.8 Å². The lowest BCUT2D eigenvalue weighted by atomic mass is 10.1. The summed E-state index contributed by atoms with van der Waals surface area (Å²) < 4.78 is 12.1. The van der Waals surface area contributed by atoms with Crippen LogP contribution < -0.4 is 4.74 Å². The van der Waals surface area contributed by atoms with Gasteiger partial charge in [0.2, 0.25) is 5.91 Å². The van der Waals surface area contributed by atoms with E-state index in [-0.39, 0.29) is 12.0 Å². The largest absolute Gasteiger partial charge is 0.497 e. The van der Waals surface area contributed by atoms with Crippen LogP contribution in [0.1, 0.15) is 30.4 Å². The molecule has 1 heterocycles. The molecule has 1 amide bonds. The summed E-state index contributed by atoms with van der Waals surface area (Å²) in [5.74, 6) is 0.967. The first-order valence-corrected chi connectivity index (χ1v) is 10.2. The van der Waals surface area contributed by atoms with Crippen LogP contribution in [0, 0.1) is 0 Å². The summed E-state index contributed by atoms with van der Waals surface area (Å²) in [7, 11) is 1.66. The normalized spacial score (nSPS) is 16.3. The van der Waals surface area contributed by atoms with Crippen molar-refractivity contribution in [2.24, 2.45) is 0 Å². The van der Waals surface area contributed by atoms with E-state index in [9.17, 15) is 4.79 Å². The number of carbonyl (C=O) groups is 1. The highest BCUT2D eigenvalue weighted by atomic mass is 79.9. The van der Waals surface area contributed by atoms with E-state index in [0.29, 0.717) is 19.5 Å². The minimum Gasteiger partial charge on any atom is -0.497 e. The first kappa shape index (κ1) is 19.9. The number of hydrogen-bond donors (Lipinski definition) is 0. The number of amides is 1. The molecule has 0 radical (unpaired) electrons. The van der Waals surface area contributed by atoms with Gasteiger partial charge in [-0.3, -0.25) is 4.79 Å². The molecule has 1 unspecified atom stereocenters. The molecule has 144 valence electrons. The first-order valence-electron chi connectivity index (χ1n) is 9.41. The maximum atomic E-state index is 13.0. The van der Waals surface area contributed by atoms with Crippen LogP contribution in [0.5, 0.6) is 5.75 Å². The van der Waals surface area contributed by atoms with Crippen LogP contribution in [0.2, 0.25) is 0 Å². The number of benzene rings is 2. The summed E-state index contributed by atoms with van der Waals surface area (Å²) in [5.41, 5.74) is 2.23. The third-order valence-corrected chi connectivity index (χ3v) is 5.65. The molecule has 1 aliphatic rings. The van der Waals surface area contributed by atoms with E-state index in [0.717, 1.165) is 47.2 Å². The molecule has 0 spiro atoms. The third-order valence-electron chi connectivity index (χ3n) is 4.87. The van der Waals surface area contributed by atoms with Crippen molar-refractivity contribution >= 4 is 21.8 Å². The van der Waals surface area contributed by atoms with Crippen LogP contribution in [-0.2, 0) is 22.5 Å². The molecule has 1 atom stereocenters. The average Bonchev–Trinajstić information content (AvgIpc) is 3.20. The van der Waals surface area contributed by atoms with E-state index >= 15 is 0 Å². The molecule has 5 heteroatoms. The monoisotopic (exact) mass is 431 g/mol. The van der Waals surface area contributed by atoms with Gasteiger partial charge >= 0.3 is 0 Å². The Hall–Kier alpha value is -1.85. The minimum absolute atomic E-state index is 0.142. The summed E-state index contributed by atoms with van der Waals surface area (Å²) in [6, 6.07) is 16.0. The lowest BCUT2D eigenvalue weighted by molar-refractivity contribution is -0.133. The predicted octanol–water partition coefficient (Wildman–Crippen LogP) is 4.60. The van der Waals surface area contributed by atoms with Crippen LogP contribution in [0.3, 0.4) is 0 Å². The maximum absolute atomic E-state index is 13.0. The van der Waals surface area contributed by atoms with Gasteiger partial charge in [0.15, 0.2) is 0 Å². The Labute approximate surface area is 169 Å². The highest BCUT2D eigenvalue weighted by Gasteiger charge is 2.23. The van der Waals surface area contributed by atoms with Gasteiger partial charge in [-0.1, -0.05) is 46.3 Å². The van der Waals surface area contributed by atoms with Crippen molar-refractivity contribution in [3.05, 3.63) is 64.1 Å². The van der Waals surface area contributed by atoms with Gasteiger partial charge in [-0.05, 0) is 48.6 Å². The quantitative estimate of drug-likeness (QED) is 0.612. The number of rotatable bonds is 8. The summed E-state index contributed by atoms with van der Waals surface area (Å²) in [5, 5.41) is 0. The van der Waals surface area contributed by atoms with Crippen molar-refractivity contribution in [2.75, 3.05) is 20.3 Å². The van der Waals surface area contributed by atoms with Gasteiger partial charge in [0.05, 0.1) is 13.2 Å². The first-order chi connectivity index (χ1) is 13.2. The minimum atomic E-state index is 0.142. The van der Waals surface area contributed by atoms with E-state index in [1.165, 1.54) is 0 Å². The van der Waals surface area contributed by atoms with Crippen LogP contribution in [0.25, 0.3) is 0 Å². The van der Waals surface area contributed by atoms with E-state index in [2.05, 4.69) is 22.0 Å². The fourth-order valence-corrected chi connectivity index (χ4v) is 3.86. The molecule has 1 fully saturated rings. The smallest absolute Gasteiger partial charge is 0.223 e. The number of ether oxygens (including phenoxy) is 2. The zero-order valence-corrected chi connectivity index (χ0v) is 17.3. The molecular weight excluding hydrogens is 406 g/mol. The number of methoxy groups -OCH3 is 1. The lowest BCUT2D eigenvalue weighted by Crippen LogP contribution is -2.37. The van der Waals surface area contributed by atoms with Crippen molar-refractivity contribution in [1.29, 1.82) is 0 Å². The van der Waals surface area contributed by atoms with Gasteiger partial charge in [-0.25, -0.2) is 0 Å². The molecule has 0 N–H and O–H groups in total. The summed E-state index contributed by atoms with van der Waals surface area (Å²) in [4.78, 5) is 14.9. The van der Waals surface area contributed by atoms with Crippen molar-refractivity contribution in [3.63, 3.8) is 0 Å². The second-order valence-electron chi connectivity index (χ2n) is 6.85. The summed E-state index contributed by atoms with van der Waals surface area (Å²) in [6.07, 6.45) is 3.44. The van der Waals surface area contributed by atoms with E-state index < -0.39 is 0 Å². The number of halogens is 1. The van der Waals surface area contributed by atoms with E-state index in [1.54, 1.807) is 7.11 Å². The summed E-state index contributed by atoms with van der Waals surface area (Å²) >= 11 is 3.57. The van der Waals surface area contributed by atoms with E-state index in [4.69, 9.17) is 9.47 Å². The Morgan fingerprint density at radius 1 is 1.26 bits per heavy atom. The third kappa shape index (κ3) is 5.81. The molecule has 0 aromatic heterocycles. The second kappa shape index (κ2) is 9.90. The zero-order chi connectivity index (χ0) is 19.1. The molecule has 3 rings (SSSR count). The Morgan fingerprint density at radius 3 is 2.85 bits per heavy atom. The van der Waals surface area contributed by atoms with Crippen LogP contribution in [0.15, 0.2) is 53.0 Å². The molecule has 1 saturated heterocycles. The fourth-order valence-electron chi connectivity index (χ4n) is 3.38. The highest BCUT2D eigenvalue weighted by Crippen LogP contribution is 2.21. The zero-order valence-electron chi connectivity index (χ0n) is 15.7. The molecule has 0 bridgehead atoms. The molecule has 2 aromatic rings. The number of aryl methyl sites for hydroxylation is 1. The Bertz CT molecular complexity index is 759. The Morgan fingerprint density at radius 2 is 2.11 bits per heavy atom. The average molecular weight is 432 g/mol. The Balaban J connectivity index is 1.67. The Kier molecular flexibility index (Phi) is 7.30. The molecule has 27 heavy (non-hydrogen) atoms. The second-order valence-corrected chi connectivity index (χ2v) is 7.71. The van der Waals surface area contributed by atoms with Crippen molar-refractivity contribution in [2.45, 2.75) is 38.3 Å². The molecule has 1 aliphatic heterocycles. The fraction of sp³-hybridized carbons (Fsp3) is 0.409. The SMILES string of the molecule is COc1cccc(CN(CC2CCCO2)C(=O)CCc2ccccc2Br)c1. The van der Waals surface area contributed by atoms with Gasteiger partial charge in [0.25, 0.3) is 0 Å². The van der Waals surface area contributed by atoms with Gasteiger partial charge in [-0.15, -0.1) is 0 Å². The van der Waals surface area contributed by atoms with Crippen molar-refractivity contribution < 1.29 is 14.3 Å². The van der Waals surface area contributed by atoms with Crippen LogP contribution in [0.4, 0.5) is 0 Å². The summed E-state index contributed by atoms with van der Waals surface area (Å²) in [6.45, 7) is 2.01. The number of nitrogens with zero attached hydrogens (tertiary/aromatic N) is 1. The van der Waals surface area contributed by atoms with Crippen molar-refractivity contribution in [3.8, 4) is 5.75 Å². The predicted molar refractivity (Wildman–Crippen MR) is 110 cm³/mol. The molecule has 0 saturated carbocycles. The van der Waals surface area contributed by atoms with Crippen LogP contribution in [-0.4, -0.2) is 37.2 Å². The lowest BCUT2D eigenvalue weighted by Gasteiger charge is -2.26. The standard InChI is InChI=1S/C22H26BrNO3/c1-26-19-8-4-6-17(14-19)15-24(16-20-9-5-13-27-20)22(25)12-11-18-7-2-3-10-21(18)23/h2-4,6-8,10,14,20H,5,9,11-13,15-16H2,1H3. The van der Waals surface area contributed by atoms with Crippen molar-refractivity contribution in [1.82, 2.24) is 4.90 Å². The molecule has 4 nitrogen and oxygen atoms in total. The molecular formula is C22H26BrNO3.